The van der Waals surface area contributed by atoms with Crippen molar-refractivity contribution in [1.29, 1.82) is 0 Å². The first-order chi connectivity index (χ1) is 24.2. The van der Waals surface area contributed by atoms with Gasteiger partial charge in [0, 0.05) is 41.6 Å². The van der Waals surface area contributed by atoms with E-state index >= 15 is 0 Å². The van der Waals surface area contributed by atoms with Gasteiger partial charge in [-0.1, -0.05) is 79.5 Å². The summed E-state index contributed by atoms with van der Waals surface area (Å²) in [6.07, 6.45) is -2.96. The first-order valence-electron chi connectivity index (χ1n) is 16.2. The second-order valence-corrected chi connectivity index (χ2v) is 15.1. The Kier molecular flexibility index (Phi) is 10.6. The zero-order chi connectivity index (χ0) is 36.5. The Hall–Kier alpha value is -4.19. The van der Waals surface area contributed by atoms with E-state index in [4.69, 9.17) is 32.5 Å². The lowest BCUT2D eigenvalue weighted by molar-refractivity contribution is -0.140. The molecular weight excluding hydrogens is 720 g/mol. The lowest BCUT2D eigenvalue weighted by atomic mass is 9.87. The Labute approximate surface area is 308 Å². The van der Waals surface area contributed by atoms with Crippen molar-refractivity contribution in [2.24, 2.45) is 0 Å². The zero-order valence-electron chi connectivity index (χ0n) is 28.3. The van der Waals surface area contributed by atoms with Gasteiger partial charge < -0.3 is 14.2 Å². The summed E-state index contributed by atoms with van der Waals surface area (Å²) in [5.74, 6) is 0.245. The lowest BCUT2D eigenvalue weighted by Crippen LogP contribution is -2.22. The minimum Gasteiger partial charge on any atom is -0.473 e. The van der Waals surface area contributed by atoms with Crippen LogP contribution < -0.4 is 14.4 Å². The number of benzene rings is 3. The molecule has 1 aliphatic carbocycles. The van der Waals surface area contributed by atoms with E-state index in [0.717, 1.165) is 17.7 Å². The first-order valence-corrected chi connectivity index (χ1v) is 17.8. The number of hydrogen-bond donors (Lipinski definition) is 1. The number of rotatable bonds is 11. The topological polar surface area (TPSA) is 80.5 Å². The van der Waals surface area contributed by atoms with Gasteiger partial charge >= 0.3 is 6.18 Å². The van der Waals surface area contributed by atoms with Crippen LogP contribution in [-0.2, 0) is 24.7 Å². The summed E-state index contributed by atoms with van der Waals surface area (Å²) in [7, 11) is 1.55. The fourth-order valence-corrected chi connectivity index (χ4v) is 6.71. The molecule has 1 fully saturated rings. The molecule has 0 saturated heterocycles. The summed E-state index contributed by atoms with van der Waals surface area (Å²) < 4.78 is 57.4. The van der Waals surface area contributed by atoms with Gasteiger partial charge in [0.25, 0.3) is 5.91 Å². The summed E-state index contributed by atoms with van der Waals surface area (Å²) >= 11 is 14.1. The number of amides is 1. The number of carbonyl (C=O) groups excluding carboxylic acids is 1. The fourth-order valence-electron chi connectivity index (χ4n) is 5.53. The third-order valence-corrected chi connectivity index (χ3v) is 9.90. The Balaban J connectivity index is 1.13. The predicted octanol–water partition coefficient (Wildman–Crippen LogP) is 10.9. The highest BCUT2D eigenvalue weighted by molar-refractivity contribution is 7.98. The molecule has 13 heteroatoms. The molecule has 266 valence electrons. The van der Waals surface area contributed by atoms with Crippen molar-refractivity contribution in [3.63, 3.8) is 0 Å². The monoisotopic (exact) mass is 754 g/mol. The van der Waals surface area contributed by atoms with Crippen LogP contribution in [0.2, 0.25) is 10.0 Å². The second kappa shape index (κ2) is 14.8. The van der Waals surface area contributed by atoms with Crippen LogP contribution in [0.1, 0.15) is 78.0 Å². The molecule has 0 atom stereocenters. The van der Waals surface area contributed by atoms with Crippen LogP contribution in [0.5, 0.6) is 5.88 Å². The van der Waals surface area contributed by atoms with Crippen molar-refractivity contribution in [2.45, 2.75) is 69.2 Å². The molecule has 6 rings (SSSR count). The molecule has 1 amide bonds. The average molecular weight is 756 g/mol. The quantitative estimate of drug-likeness (QED) is 0.134. The summed E-state index contributed by atoms with van der Waals surface area (Å²) in [4.78, 5) is 19.0. The molecule has 51 heavy (non-hydrogen) atoms. The van der Waals surface area contributed by atoms with Crippen molar-refractivity contribution < 1.29 is 27.2 Å². The number of nitrogens with zero attached hydrogens (tertiary/aromatic N) is 3. The van der Waals surface area contributed by atoms with Gasteiger partial charge in [-0.25, -0.2) is 4.98 Å². The normalized spacial score (nSPS) is 13.3. The van der Waals surface area contributed by atoms with Gasteiger partial charge in [-0.15, -0.1) is 0 Å². The number of anilines is 1. The van der Waals surface area contributed by atoms with Gasteiger partial charge in [0.05, 0.1) is 21.3 Å². The number of nitrogens with one attached hydrogen (secondary N) is 1. The Morgan fingerprint density at radius 2 is 1.65 bits per heavy atom. The van der Waals surface area contributed by atoms with E-state index in [9.17, 15) is 18.0 Å². The molecule has 2 heterocycles. The highest BCUT2D eigenvalue weighted by Gasteiger charge is 2.38. The highest BCUT2D eigenvalue weighted by Crippen LogP contribution is 2.46. The van der Waals surface area contributed by atoms with E-state index in [0.29, 0.717) is 43.8 Å². The van der Waals surface area contributed by atoms with E-state index in [-0.39, 0.29) is 42.0 Å². The van der Waals surface area contributed by atoms with Gasteiger partial charge in [0.15, 0.2) is 5.69 Å². The molecule has 0 unspecified atom stereocenters. The molecule has 0 bridgehead atoms. The van der Waals surface area contributed by atoms with Crippen molar-refractivity contribution in [3.8, 4) is 17.1 Å². The van der Waals surface area contributed by atoms with Crippen LogP contribution in [0, 0.1) is 0 Å². The largest absolute Gasteiger partial charge is 0.473 e. The average Bonchev–Trinajstić information content (AvgIpc) is 3.85. The molecule has 3 aromatic carbocycles. The zero-order valence-corrected chi connectivity index (χ0v) is 30.6. The van der Waals surface area contributed by atoms with Crippen LogP contribution in [0.15, 0.2) is 88.3 Å². The van der Waals surface area contributed by atoms with Gasteiger partial charge in [-0.05, 0) is 83.8 Å². The Morgan fingerprint density at radius 3 is 2.25 bits per heavy atom. The van der Waals surface area contributed by atoms with E-state index < -0.39 is 11.9 Å². The summed E-state index contributed by atoms with van der Waals surface area (Å²) in [5, 5.41) is 4.93. The SMILES string of the molecule is CN(Cc1ccc(C(=O)NSc2ccc(C(C)(C)C)cc2)cc1)c1ccc(OCc2c(-c3c(Cl)cccc3Cl)noc2C2CC2)nc1C(F)(F)F. The molecule has 5 aromatic rings. The smallest absolute Gasteiger partial charge is 0.435 e. The maximum atomic E-state index is 14.4. The van der Waals surface area contributed by atoms with Crippen molar-refractivity contribution in [2.75, 3.05) is 11.9 Å². The summed E-state index contributed by atoms with van der Waals surface area (Å²) in [5.41, 5.74) is 2.56. The highest BCUT2D eigenvalue weighted by atomic mass is 35.5. The van der Waals surface area contributed by atoms with E-state index in [1.54, 1.807) is 49.5 Å². The number of alkyl halides is 3. The Morgan fingerprint density at radius 1 is 0.980 bits per heavy atom. The molecule has 0 radical (unpaired) electrons. The second-order valence-electron chi connectivity index (χ2n) is 13.4. The number of pyridine rings is 1. The fraction of sp³-hybridized carbons (Fsp3) is 0.289. The third kappa shape index (κ3) is 8.65. The molecule has 7 nitrogen and oxygen atoms in total. The van der Waals surface area contributed by atoms with Gasteiger partial charge in [0.1, 0.15) is 18.1 Å². The van der Waals surface area contributed by atoms with Crippen LogP contribution in [0.3, 0.4) is 0 Å². The van der Waals surface area contributed by atoms with Crippen LogP contribution in [0.25, 0.3) is 11.3 Å². The van der Waals surface area contributed by atoms with Gasteiger partial charge in [-0.2, -0.15) is 13.2 Å². The minimum absolute atomic E-state index is 0.0311. The van der Waals surface area contributed by atoms with Crippen molar-refractivity contribution in [1.82, 2.24) is 14.9 Å². The lowest BCUT2D eigenvalue weighted by Gasteiger charge is -2.23. The van der Waals surface area contributed by atoms with Crippen LogP contribution in [-0.4, -0.2) is 23.1 Å². The third-order valence-electron chi connectivity index (χ3n) is 8.48. The number of hydrogen-bond acceptors (Lipinski definition) is 7. The van der Waals surface area contributed by atoms with Gasteiger partial charge in [0.2, 0.25) is 5.88 Å². The minimum atomic E-state index is -4.76. The standard InChI is InChI=1S/C38H35Cl2F3N4O3S/c1-37(2,3)25-14-16-26(17-15-25)51-46-36(48)24-10-8-22(9-11-24)20-47(4)30-18-19-31(44-35(30)38(41,42)43)49-21-27-33(45-50-34(27)23-12-13-23)32-28(39)6-5-7-29(32)40/h5-11,14-19,23H,12-13,20-21H2,1-4H3,(H,46,48). The van der Waals surface area contributed by atoms with Gasteiger partial charge in [-0.3, -0.25) is 9.52 Å². The molecule has 2 aromatic heterocycles. The van der Waals surface area contributed by atoms with E-state index in [1.807, 2.05) is 24.3 Å². The molecule has 1 saturated carbocycles. The van der Waals surface area contributed by atoms with Crippen LogP contribution in [0.4, 0.5) is 18.9 Å². The maximum absolute atomic E-state index is 14.4. The predicted molar refractivity (Wildman–Crippen MR) is 195 cm³/mol. The number of halogens is 5. The van der Waals surface area contributed by atoms with Crippen molar-refractivity contribution in [3.05, 3.63) is 123 Å². The number of carbonyl (C=O) groups is 1. The molecule has 0 spiro atoms. The van der Waals surface area contributed by atoms with E-state index in [2.05, 4.69) is 35.6 Å². The van der Waals surface area contributed by atoms with Crippen LogP contribution >= 0.6 is 35.1 Å². The summed E-state index contributed by atoms with van der Waals surface area (Å²) in [6, 6.07) is 22.5. The maximum Gasteiger partial charge on any atom is 0.435 e. The number of aromatic nitrogens is 2. The van der Waals surface area contributed by atoms with E-state index in [1.165, 1.54) is 34.5 Å². The number of ether oxygens (including phenoxy) is 1. The summed E-state index contributed by atoms with van der Waals surface area (Å²) in [6.45, 7) is 6.40. The molecule has 1 N–H and O–H groups in total. The Bertz CT molecular complexity index is 2010. The first kappa shape index (κ1) is 36.6. The molecule has 0 aliphatic heterocycles. The molecule has 1 aliphatic rings. The molecular formula is C38H35Cl2F3N4O3S. The van der Waals surface area contributed by atoms with Crippen molar-refractivity contribution >= 4 is 46.7 Å².